The van der Waals surface area contributed by atoms with E-state index >= 15 is 0 Å². The van der Waals surface area contributed by atoms with Gasteiger partial charge in [-0.3, -0.25) is 4.79 Å². The maximum atomic E-state index is 13.3. The number of likely N-dealkylation sites (N-methyl/N-ethyl adjacent to an activating group) is 1. The maximum absolute atomic E-state index is 13.3. The van der Waals surface area contributed by atoms with Crippen LogP contribution in [0.4, 0.5) is 0 Å². The van der Waals surface area contributed by atoms with E-state index in [2.05, 4.69) is 11.9 Å². The Bertz CT molecular complexity index is 873. The zero-order valence-electron chi connectivity index (χ0n) is 14.8. The summed E-state index contributed by atoms with van der Waals surface area (Å²) in [5.41, 5.74) is 2.41. The molecular weight excluding hydrogens is 344 g/mol. The largest absolute Gasteiger partial charge is 0.337 e. The van der Waals surface area contributed by atoms with Gasteiger partial charge in [0.15, 0.2) is 0 Å². The standard InChI is InChI=1S/C20H22N4OS/c1-22-10-6-11-23(13-12-22)20(25)17-15-24(16-7-3-2-4-8-16)21-19(17)18-9-5-14-26-18/h2-5,7-9,14-15H,6,10-13H2,1H3. The molecule has 0 N–H and O–H groups in total. The Balaban J connectivity index is 1.72. The molecule has 0 spiro atoms. The van der Waals surface area contributed by atoms with Crippen molar-refractivity contribution >= 4 is 17.2 Å². The first-order chi connectivity index (χ1) is 12.7. The van der Waals surface area contributed by atoms with Crippen molar-refractivity contribution in [2.75, 3.05) is 33.2 Å². The van der Waals surface area contributed by atoms with E-state index < -0.39 is 0 Å². The van der Waals surface area contributed by atoms with E-state index in [1.165, 1.54) is 0 Å². The van der Waals surface area contributed by atoms with E-state index in [0.29, 0.717) is 5.56 Å². The molecule has 134 valence electrons. The predicted molar refractivity (Wildman–Crippen MR) is 105 cm³/mol. The summed E-state index contributed by atoms with van der Waals surface area (Å²) >= 11 is 1.61. The van der Waals surface area contributed by atoms with Crippen LogP contribution in [0.3, 0.4) is 0 Å². The van der Waals surface area contributed by atoms with Gasteiger partial charge in [0, 0.05) is 25.8 Å². The molecule has 1 aromatic carbocycles. The van der Waals surface area contributed by atoms with Crippen molar-refractivity contribution < 1.29 is 4.79 Å². The van der Waals surface area contributed by atoms with Crippen LogP contribution in [-0.4, -0.2) is 58.7 Å². The highest BCUT2D eigenvalue weighted by molar-refractivity contribution is 7.13. The van der Waals surface area contributed by atoms with Gasteiger partial charge in [-0.2, -0.15) is 5.10 Å². The molecule has 2 aromatic heterocycles. The number of benzene rings is 1. The first-order valence-corrected chi connectivity index (χ1v) is 9.77. The molecule has 1 amide bonds. The number of carbonyl (C=O) groups excluding carboxylic acids is 1. The van der Waals surface area contributed by atoms with Crippen LogP contribution in [0, 0.1) is 0 Å². The summed E-state index contributed by atoms with van der Waals surface area (Å²) in [4.78, 5) is 18.5. The Kier molecular flexibility index (Phi) is 4.86. The molecule has 1 fully saturated rings. The number of hydrogen-bond acceptors (Lipinski definition) is 4. The average molecular weight is 366 g/mol. The minimum atomic E-state index is 0.0749. The average Bonchev–Trinajstić information content (AvgIpc) is 3.29. The fourth-order valence-corrected chi connectivity index (χ4v) is 3.98. The molecule has 1 saturated heterocycles. The van der Waals surface area contributed by atoms with E-state index in [4.69, 9.17) is 5.10 Å². The molecule has 6 heteroatoms. The molecule has 0 unspecified atom stereocenters. The second-order valence-corrected chi connectivity index (χ2v) is 7.55. The van der Waals surface area contributed by atoms with Crippen molar-refractivity contribution in [2.24, 2.45) is 0 Å². The van der Waals surface area contributed by atoms with E-state index in [1.807, 2.05) is 63.6 Å². The number of amides is 1. The number of hydrogen-bond donors (Lipinski definition) is 0. The van der Waals surface area contributed by atoms with Crippen LogP contribution in [-0.2, 0) is 0 Å². The highest BCUT2D eigenvalue weighted by Gasteiger charge is 2.25. The summed E-state index contributed by atoms with van der Waals surface area (Å²) < 4.78 is 1.81. The highest BCUT2D eigenvalue weighted by atomic mass is 32.1. The van der Waals surface area contributed by atoms with Gasteiger partial charge in [-0.15, -0.1) is 11.3 Å². The van der Waals surface area contributed by atoms with E-state index in [0.717, 1.165) is 48.9 Å². The van der Waals surface area contributed by atoms with E-state index in [1.54, 1.807) is 11.3 Å². The zero-order chi connectivity index (χ0) is 17.9. The second kappa shape index (κ2) is 7.43. The van der Waals surface area contributed by atoms with E-state index in [9.17, 15) is 4.79 Å². The SMILES string of the molecule is CN1CCCN(C(=O)c2cn(-c3ccccc3)nc2-c2cccs2)CC1. The molecule has 0 saturated carbocycles. The number of para-hydroxylation sites is 1. The lowest BCUT2D eigenvalue weighted by Gasteiger charge is -2.20. The number of aromatic nitrogens is 2. The minimum Gasteiger partial charge on any atom is -0.337 e. The predicted octanol–water partition coefficient (Wildman–Crippen LogP) is 3.38. The van der Waals surface area contributed by atoms with Crippen LogP contribution in [0.15, 0.2) is 54.0 Å². The quantitative estimate of drug-likeness (QED) is 0.714. The Morgan fingerprint density at radius 3 is 2.65 bits per heavy atom. The molecule has 1 aliphatic heterocycles. The van der Waals surface area contributed by atoms with Crippen molar-refractivity contribution in [1.29, 1.82) is 0 Å². The number of carbonyl (C=O) groups is 1. The number of thiophene rings is 1. The van der Waals surface area contributed by atoms with Gasteiger partial charge in [-0.1, -0.05) is 24.3 Å². The van der Waals surface area contributed by atoms with Gasteiger partial charge in [0.2, 0.25) is 0 Å². The van der Waals surface area contributed by atoms with Gasteiger partial charge in [0.25, 0.3) is 5.91 Å². The molecule has 4 rings (SSSR count). The molecule has 1 aliphatic rings. The van der Waals surface area contributed by atoms with Gasteiger partial charge in [-0.05, 0) is 43.6 Å². The molecule has 0 bridgehead atoms. The second-order valence-electron chi connectivity index (χ2n) is 6.60. The van der Waals surface area contributed by atoms with Gasteiger partial charge >= 0.3 is 0 Å². The molecule has 0 aliphatic carbocycles. The molecule has 3 aromatic rings. The summed E-state index contributed by atoms with van der Waals surface area (Å²) in [6, 6.07) is 14.0. The Hall–Kier alpha value is -2.44. The molecule has 5 nitrogen and oxygen atoms in total. The summed E-state index contributed by atoms with van der Waals surface area (Å²) in [6.45, 7) is 3.50. The van der Waals surface area contributed by atoms with Crippen molar-refractivity contribution in [3.63, 3.8) is 0 Å². The molecule has 26 heavy (non-hydrogen) atoms. The third-order valence-electron chi connectivity index (χ3n) is 4.73. The Morgan fingerprint density at radius 1 is 1.04 bits per heavy atom. The lowest BCUT2D eigenvalue weighted by atomic mass is 10.2. The van der Waals surface area contributed by atoms with Crippen LogP contribution in [0.1, 0.15) is 16.8 Å². The van der Waals surface area contributed by atoms with Crippen molar-refractivity contribution in [3.05, 3.63) is 59.6 Å². The van der Waals surface area contributed by atoms with Gasteiger partial charge in [0.05, 0.1) is 16.1 Å². The summed E-state index contributed by atoms with van der Waals surface area (Å²) in [5, 5.41) is 6.77. The first kappa shape index (κ1) is 17.0. The van der Waals surface area contributed by atoms with Crippen molar-refractivity contribution in [1.82, 2.24) is 19.6 Å². The van der Waals surface area contributed by atoms with Crippen LogP contribution in [0.25, 0.3) is 16.3 Å². The first-order valence-electron chi connectivity index (χ1n) is 8.89. The smallest absolute Gasteiger partial charge is 0.257 e. The van der Waals surface area contributed by atoms with E-state index in [-0.39, 0.29) is 5.91 Å². The summed E-state index contributed by atoms with van der Waals surface area (Å²) in [6.07, 6.45) is 2.88. The topological polar surface area (TPSA) is 41.4 Å². The monoisotopic (exact) mass is 366 g/mol. The lowest BCUT2D eigenvalue weighted by Crippen LogP contribution is -2.34. The minimum absolute atomic E-state index is 0.0749. The third-order valence-corrected chi connectivity index (χ3v) is 5.60. The third kappa shape index (κ3) is 3.43. The number of nitrogens with zero attached hydrogens (tertiary/aromatic N) is 4. The number of rotatable bonds is 3. The lowest BCUT2D eigenvalue weighted by molar-refractivity contribution is 0.0763. The van der Waals surface area contributed by atoms with Crippen LogP contribution in [0.2, 0.25) is 0 Å². The van der Waals surface area contributed by atoms with Gasteiger partial charge < -0.3 is 9.80 Å². The van der Waals surface area contributed by atoms with Gasteiger partial charge in [-0.25, -0.2) is 4.68 Å². The van der Waals surface area contributed by atoms with Crippen molar-refractivity contribution in [3.8, 4) is 16.3 Å². The summed E-state index contributed by atoms with van der Waals surface area (Å²) in [7, 11) is 2.11. The molecule has 3 heterocycles. The zero-order valence-corrected chi connectivity index (χ0v) is 15.7. The Labute approximate surface area is 157 Å². The fraction of sp³-hybridized carbons (Fsp3) is 0.300. The van der Waals surface area contributed by atoms with Crippen LogP contribution >= 0.6 is 11.3 Å². The Morgan fingerprint density at radius 2 is 1.88 bits per heavy atom. The van der Waals surface area contributed by atoms with Crippen molar-refractivity contribution in [2.45, 2.75) is 6.42 Å². The van der Waals surface area contributed by atoms with Gasteiger partial charge in [0.1, 0.15) is 5.69 Å². The molecular formula is C20H22N4OS. The van der Waals surface area contributed by atoms with Crippen LogP contribution in [0.5, 0.6) is 0 Å². The molecule has 0 atom stereocenters. The molecule has 0 radical (unpaired) electrons. The summed E-state index contributed by atoms with van der Waals surface area (Å²) in [5.74, 6) is 0.0749. The maximum Gasteiger partial charge on any atom is 0.257 e. The van der Waals surface area contributed by atoms with Crippen LogP contribution < -0.4 is 0 Å². The fourth-order valence-electron chi connectivity index (χ4n) is 3.26. The normalized spacial score (nSPS) is 15.8. The highest BCUT2D eigenvalue weighted by Crippen LogP contribution is 2.29.